The third-order valence-electron chi connectivity index (χ3n) is 11.6. The molecule has 1 fully saturated rings. The molecule has 1 unspecified atom stereocenters. The van der Waals surface area contributed by atoms with Gasteiger partial charge in [0.2, 0.25) is 0 Å². The van der Waals surface area contributed by atoms with Crippen molar-refractivity contribution in [1.29, 1.82) is 0 Å². The molecule has 0 radical (unpaired) electrons. The number of esters is 2. The quantitative estimate of drug-likeness (QED) is 0.0542. The third kappa shape index (κ3) is 10.9. The van der Waals surface area contributed by atoms with Crippen molar-refractivity contribution in [3.05, 3.63) is 151 Å². The molecule has 1 aliphatic rings. The van der Waals surface area contributed by atoms with Crippen molar-refractivity contribution in [3.63, 3.8) is 0 Å². The summed E-state index contributed by atoms with van der Waals surface area (Å²) < 4.78 is 62.3. The zero-order chi connectivity index (χ0) is 47.2. The fourth-order valence-electron chi connectivity index (χ4n) is 8.77. The van der Waals surface area contributed by atoms with Gasteiger partial charge in [-0.1, -0.05) is 112 Å². The number of fused-ring (bicyclic) bond motifs is 1. The maximum Gasteiger partial charge on any atom is 0.354 e. The number of ether oxygens (including phenoxy) is 3. The highest BCUT2D eigenvalue weighted by atomic mass is 31.2. The van der Waals surface area contributed by atoms with Crippen molar-refractivity contribution < 1.29 is 41.7 Å². The Morgan fingerprint density at radius 3 is 2.05 bits per heavy atom. The maximum absolute atomic E-state index is 14.5. The number of rotatable bonds is 17. The van der Waals surface area contributed by atoms with Gasteiger partial charge in [-0.25, -0.2) is 9.48 Å². The molecule has 0 amide bonds. The van der Waals surface area contributed by atoms with Crippen molar-refractivity contribution in [2.45, 2.75) is 104 Å². The Kier molecular flexibility index (Phi) is 14.9. The standard InChI is InChI=1S/C53H60FN2O8PSi/c1-36(2)56-48-30-28-42(60-35-65(59,63-41-18-12-9-13-19-41)55-38(5)52(58)61-37(3)4)33-47(48)51(39-24-26-40(54)27-25-39)49(56)31-29-43-32-44(34-50(57)62-43)64-66(53(6,7)8,45-20-14-10-15-21-45)46-22-16-11-17-23-46/h9-31,33,36-38,43-44H,32,34-35H2,1-8H3,(H,55,59)/b31-29+/t38-,43+,44+,65?/m0/s1. The number of benzene rings is 5. The average Bonchev–Trinajstić information content (AvgIpc) is 3.61. The number of aromatic nitrogens is 1. The molecule has 5 aromatic carbocycles. The summed E-state index contributed by atoms with van der Waals surface area (Å²) in [5.41, 5.74) is 3.24. The van der Waals surface area contributed by atoms with E-state index < -0.39 is 46.4 Å². The van der Waals surface area contributed by atoms with Gasteiger partial charge >= 0.3 is 19.5 Å². The van der Waals surface area contributed by atoms with Crippen molar-refractivity contribution >= 4 is 55.1 Å². The SMILES string of the molecule is CC(C)OC(=O)[C@H](C)NP(=O)(COc1ccc2c(c1)c(-c1ccc(F)cc1)c(/C=C/[C@@H]1C[C@@H](O[Si](c3ccccc3)(c3ccccc3)C(C)(C)C)CC(=O)O1)n2C(C)C)Oc1ccccc1. The molecule has 7 rings (SSSR count). The normalized spacial score (nSPS) is 17.2. The molecule has 1 aliphatic heterocycles. The Balaban J connectivity index is 1.24. The summed E-state index contributed by atoms with van der Waals surface area (Å²) in [6.07, 6.45) is 2.68. The number of para-hydroxylation sites is 1. The molecule has 0 spiro atoms. The van der Waals surface area contributed by atoms with Crippen LogP contribution in [-0.4, -0.2) is 55.5 Å². The Morgan fingerprint density at radius 2 is 1.47 bits per heavy atom. The van der Waals surface area contributed by atoms with Gasteiger partial charge in [0, 0.05) is 34.6 Å². The van der Waals surface area contributed by atoms with Crippen molar-refractivity contribution in [2.75, 3.05) is 6.35 Å². The summed E-state index contributed by atoms with van der Waals surface area (Å²) >= 11 is 0. The van der Waals surface area contributed by atoms with Crippen LogP contribution in [0.4, 0.5) is 4.39 Å². The van der Waals surface area contributed by atoms with Gasteiger partial charge in [-0.2, -0.15) is 0 Å². The van der Waals surface area contributed by atoms with E-state index in [4.69, 9.17) is 23.2 Å². The first-order valence-electron chi connectivity index (χ1n) is 22.5. The molecule has 1 saturated heterocycles. The molecular weight excluding hydrogens is 871 g/mol. The summed E-state index contributed by atoms with van der Waals surface area (Å²) in [6.45, 7) is 15.9. The first-order chi connectivity index (χ1) is 31.5. The van der Waals surface area contributed by atoms with E-state index in [0.29, 0.717) is 17.9 Å². The largest absolute Gasteiger partial charge is 0.481 e. The first kappa shape index (κ1) is 48.2. The van der Waals surface area contributed by atoms with Crippen molar-refractivity contribution in [3.8, 4) is 22.6 Å². The molecule has 1 N–H and O–H groups in total. The second-order valence-electron chi connectivity index (χ2n) is 18.3. The zero-order valence-corrected chi connectivity index (χ0v) is 40.8. The van der Waals surface area contributed by atoms with Gasteiger partial charge in [0.05, 0.1) is 18.6 Å². The predicted octanol–water partition coefficient (Wildman–Crippen LogP) is 11.2. The summed E-state index contributed by atoms with van der Waals surface area (Å²) in [5, 5.41) is 5.63. The molecule has 1 aromatic heterocycles. The Labute approximate surface area is 388 Å². The lowest BCUT2D eigenvalue weighted by molar-refractivity contribution is -0.156. The van der Waals surface area contributed by atoms with E-state index in [2.05, 4.69) is 68.5 Å². The first-order valence-corrected chi connectivity index (χ1v) is 26.2. The molecule has 346 valence electrons. The number of hydrogen-bond donors (Lipinski definition) is 1. The fourth-order valence-corrected chi connectivity index (χ4v) is 15.1. The highest BCUT2D eigenvalue weighted by Gasteiger charge is 2.52. The molecule has 2 heterocycles. The van der Waals surface area contributed by atoms with Gasteiger partial charge < -0.3 is 27.7 Å². The third-order valence-corrected chi connectivity index (χ3v) is 18.4. The van der Waals surface area contributed by atoms with E-state index in [9.17, 15) is 18.5 Å². The Hall–Kier alpha value is -5.78. The van der Waals surface area contributed by atoms with Crippen LogP contribution < -0.4 is 24.7 Å². The number of carbonyl (C=O) groups excluding carboxylic acids is 2. The van der Waals surface area contributed by atoms with Crippen LogP contribution in [0.2, 0.25) is 5.04 Å². The number of nitrogens with zero attached hydrogens (tertiary/aromatic N) is 1. The molecule has 4 atom stereocenters. The van der Waals surface area contributed by atoms with E-state index >= 15 is 0 Å². The van der Waals surface area contributed by atoms with Crippen molar-refractivity contribution in [1.82, 2.24) is 9.65 Å². The molecule has 0 saturated carbocycles. The summed E-state index contributed by atoms with van der Waals surface area (Å²) in [4.78, 5) is 26.3. The van der Waals surface area contributed by atoms with Crippen LogP contribution in [0.5, 0.6) is 11.5 Å². The van der Waals surface area contributed by atoms with E-state index in [1.807, 2.05) is 66.7 Å². The second-order valence-corrected chi connectivity index (χ2v) is 24.6. The van der Waals surface area contributed by atoms with Gasteiger partial charge in [0.25, 0.3) is 8.32 Å². The van der Waals surface area contributed by atoms with Crippen molar-refractivity contribution in [2.24, 2.45) is 0 Å². The van der Waals surface area contributed by atoms with Crippen LogP contribution in [0.15, 0.2) is 140 Å². The van der Waals surface area contributed by atoms with E-state index in [1.165, 1.54) is 12.1 Å². The van der Waals surface area contributed by atoms with Gasteiger partial charge in [-0.15, -0.1) is 0 Å². The van der Waals surface area contributed by atoms with Crippen LogP contribution >= 0.6 is 7.52 Å². The van der Waals surface area contributed by atoms with E-state index in [-0.39, 0.29) is 35.4 Å². The molecule has 66 heavy (non-hydrogen) atoms. The summed E-state index contributed by atoms with van der Waals surface area (Å²) in [5.74, 6) is -0.555. The second kappa shape index (κ2) is 20.4. The lowest BCUT2D eigenvalue weighted by atomic mass is 10.00. The number of carbonyl (C=O) groups is 2. The van der Waals surface area contributed by atoms with E-state index in [1.54, 1.807) is 63.2 Å². The zero-order valence-electron chi connectivity index (χ0n) is 38.9. The molecule has 0 aliphatic carbocycles. The van der Waals surface area contributed by atoms with Gasteiger partial charge in [0.1, 0.15) is 29.5 Å². The molecular formula is C53H60FN2O8PSi. The van der Waals surface area contributed by atoms with Crippen LogP contribution in [0.25, 0.3) is 28.1 Å². The monoisotopic (exact) mass is 930 g/mol. The summed E-state index contributed by atoms with van der Waals surface area (Å²) in [6, 6.07) is 40.3. The fraction of sp³-hybridized carbons (Fsp3) is 0.321. The number of hydrogen-bond acceptors (Lipinski definition) is 8. The van der Waals surface area contributed by atoms with Crippen LogP contribution in [0.3, 0.4) is 0 Å². The molecule has 13 heteroatoms. The van der Waals surface area contributed by atoms with Crippen LogP contribution in [0, 0.1) is 5.82 Å². The van der Waals surface area contributed by atoms with Crippen LogP contribution in [-0.2, 0) is 28.1 Å². The molecule has 6 aromatic rings. The predicted molar refractivity (Wildman–Crippen MR) is 262 cm³/mol. The molecule has 0 bridgehead atoms. The maximum atomic E-state index is 14.5. The van der Waals surface area contributed by atoms with Crippen LogP contribution in [0.1, 0.15) is 80.0 Å². The van der Waals surface area contributed by atoms with Gasteiger partial charge in [-0.3, -0.25) is 14.2 Å². The summed E-state index contributed by atoms with van der Waals surface area (Å²) in [7, 11) is -6.87. The Morgan fingerprint density at radius 1 is 0.864 bits per heavy atom. The minimum atomic E-state index is -3.89. The minimum Gasteiger partial charge on any atom is -0.481 e. The topological polar surface area (TPSA) is 114 Å². The number of nitrogens with one attached hydrogen (secondary N) is 1. The lowest BCUT2D eigenvalue weighted by Crippen LogP contribution is -2.68. The highest BCUT2D eigenvalue weighted by molar-refractivity contribution is 7.57. The number of cyclic esters (lactones) is 1. The Bertz CT molecular complexity index is 2650. The number of halogens is 1. The smallest absolute Gasteiger partial charge is 0.354 e. The lowest BCUT2D eigenvalue weighted by Gasteiger charge is -2.46. The average molecular weight is 931 g/mol. The molecule has 10 nitrogen and oxygen atoms in total. The minimum absolute atomic E-state index is 0.0379. The van der Waals surface area contributed by atoms with Gasteiger partial charge in [0.15, 0.2) is 6.35 Å². The van der Waals surface area contributed by atoms with Gasteiger partial charge in [-0.05, 0) is 110 Å². The van der Waals surface area contributed by atoms with E-state index in [0.717, 1.165) is 38.1 Å². The highest BCUT2D eigenvalue weighted by Crippen LogP contribution is 2.46.